The van der Waals surface area contributed by atoms with Crippen molar-refractivity contribution in [3.05, 3.63) is 88.2 Å². The van der Waals surface area contributed by atoms with E-state index in [-0.39, 0.29) is 40.5 Å². The fourth-order valence-corrected chi connectivity index (χ4v) is 4.72. The molecule has 38 heavy (non-hydrogen) atoms. The number of benzene rings is 2. The van der Waals surface area contributed by atoms with Crippen molar-refractivity contribution in [2.45, 2.75) is 24.8 Å². The average molecular weight is 547 g/mol. The van der Waals surface area contributed by atoms with Crippen molar-refractivity contribution < 1.29 is 37.6 Å². The van der Waals surface area contributed by atoms with Crippen LogP contribution in [0.3, 0.4) is 0 Å². The predicted molar refractivity (Wildman–Crippen MR) is 130 cm³/mol. The van der Waals surface area contributed by atoms with Gasteiger partial charge in [-0.1, -0.05) is 23.7 Å². The summed E-state index contributed by atoms with van der Waals surface area (Å²) in [5.41, 5.74) is 0.312. The summed E-state index contributed by atoms with van der Waals surface area (Å²) < 4.78 is 43.3. The molecular formula is C25H18ClF3N4O5. The zero-order chi connectivity index (χ0) is 27.2. The van der Waals surface area contributed by atoms with Gasteiger partial charge in [0.15, 0.2) is 6.20 Å². The van der Waals surface area contributed by atoms with E-state index in [1.165, 1.54) is 24.4 Å². The number of rotatable bonds is 5. The van der Waals surface area contributed by atoms with Crippen LogP contribution in [0, 0.1) is 5.21 Å². The molecule has 9 nitrogen and oxygen atoms in total. The lowest BCUT2D eigenvalue weighted by Gasteiger charge is -2.20. The molecule has 5 rings (SSSR count). The number of carbonyl (C=O) groups is 1. The summed E-state index contributed by atoms with van der Waals surface area (Å²) in [7, 11) is 0. The molecule has 1 amide bonds. The van der Waals surface area contributed by atoms with Crippen molar-refractivity contribution in [3.8, 4) is 28.1 Å². The first-order valence-corrected chi connectivity index (χ1v) is 11.5. The Kier molecular flexibility index (Phi) is 6.16. The average Bonchev–Trinajstić information content (AvgIpc) is 3.46. The van der Waals surface area contributed by atoms with Crippen LogP contribution in [0.5, 0.6) is 5.75 Å². The van der Waals surface area contributed by atoms with Crippen molar-refractivity contribution in [1.82, 2.24) is 9.97 Å². The molecule has 0 bridgehead atoms. The highest BCUT2D eigenvalue weighted by atomic mass is 35.5. The summed E-state index contributed by atoms with van der Waals surface area (Å²) in [6, 6.07) is 11.5. The number of imidazole rings is 1. The van der Waals surface area contributed by atoms with E-state index >= 15 is 0 Å². The van der Waals surface area contributed by atoms with Gasteiger partial charge in [-0.15, -0.1) is 13.2 Å². The number of fused-ring (bicyclic) bond motifs is 1. The van der Waals surface area contributed by atoms with Crippen LogP contribution in [0.1, 0.15) is 23.5 Å². The number of aryl methyl sites for hydroxylation is 1. The van der Waals surface area contributed by atoms with E-state index < -0.39 is 23.8 Å². The van der Waals surface area contributed by atoms with Gasteiger partial charge in [0.25, 0.3) is 0 Å². The maximum Gasteiger partial charge on any atom is 0.573 e. The third kappa shape index (κ3) is 4.83. The Hall–Kier alpha value is -4.29. The van der Waals surface area contributed by atoms with Crippen LogP contribution in [-0.2, 0) is 12.0 Å². The Morgan fingerprint density at radius 1 is 1.18 bits per heavy atom. The second-order valence-corrected chi connectivity index (χ2v) is 9.07. The highest BCUT2D eigenvalue weighted by Crippen LogP contribution is 2.42. The minimum atomic E-state index is -4.95. The monoisotopic (exact) mass is 546 g/mol. The number of hydrogen-bond donors (Lipinski definition) is 4. The van der Waals surface area contributed by atoms with Gasteiger partial charge in [-0.25, -0.2) is 9.78 Å². The summed E-state index contributed by atoms with van der Waals surface area (Å²) in [6.07, 6.45) is -3.26. The molecule has 0 radical (unpaired) electrons. The molecule has 196 valence electrons. The number of anilines is 1. The van der Waals surface area contributed by atoms with Gasteiger partial charge in [0.05, 0.1) is 17.5 Å². The fraction of sp³-hybridized carbons (Fsp3) is 0.160. The number of carboxylic acid groups (broad SMARTS) is 1. The second-order valence-electron chi connectivity index (χ2n) is 8.63. The lowest BCUT2D eigenvalue weighted by atomic mass is 9.98. The number of nitrogens with zero attached hydrogens (tertiary/aromatic N) is 2. The molecule has 4 aromatic rings. The molecule has 1 unspecified atom stereocenters. The molecule has 0 aliphatic heterocycles. The van der Waals surface area contributed by atoms with Crippen LogP contribution in [0.15, 0.2) is 60.9 Å². The molecule has 2 aromatic carbocycles. The van der Waals surface area contributed by atoms with Crippen LogP contribution in [-0.4, -0.2) is 32.6 Å². The molecule has 4 N–H and O–H groups in total. The standard InChI is InChI=1S/C25H18ClF3N4O5/c26-16-3-6-20(38-25(27,28)29)18(10-16)15-9-14-7-8-24(36,21(14)33(37)12-15)22-30-11-19(32-22)13-1-4-17(5-2-13)31-23(34)35/h1-6,9-12,31,36H,7-8H2,(H,30,32)(H,34,35). The van der Waals surface area contributed by atoms with Crippen molar-refractivity contribution in [1.29, 1.82) is 0 Å². The Balaban J connectivity index is 1.49. The van der Waals surface area contributed by atoms with E-state index in [0.29, 0.717) is 27.2 Å². The largest absolute Gasteiger partial charge is 0.618 e. The van der Waals surface area contributed by atoms with Gasteiger partial charge in [-0.3, -0.25) is 5.32 Å². The number of alkyl halides is 3. The third-order valence-corrected chi connectivity index (χ3v) is 6.39. The molecule has 1 aliphatic carbocycles. The smallest absolute Gasteiger partial charge is 0.573 e. The minimum Gasteiger partial charge on any atom is -0.618 e. The Morgan fingerprint density at radius 2 is 1.92 bits per heavy atom. The maximum absolute atomic E-state index is 13.1. The van der Waals surface area contributed by atoms with Crippen LogP contribution in [0.4, 0.5) is 23.7 Å². The number of pyridine rings is 1. The van der Waals surface area contributed by atoms with Crippen LogP contribution < -0.4 is 14.8 Å². The number of hydrogen-bond acceptors (Lipinski definition) is 5. The van der Waals surface area contributed by atoms with E-state index in [4.69, 9.17) is 16.7 Å². The van der Waals surface area contributed by atoms with E-state index in [9.17, 15) is 28.3 Å². The molecule has 13 heteroatoms. The molecular weight excluding hydrogens is 529 g/mol. The number of aromatic nitrogens is 3. The van der Waals surface area contributed by atoms with E-state index in [1.54, 1.807) is 24.3 Å². The second kappa shape index (κ2) is 9.23. The van der Waals surface area contributed by atoms with Crippen LogP contribution in [0.25, 0.3) is 22.4 Å². The first-order valence-electron chi connectivity index (χ1n) is 11.1. The first-order chi connectivity index (χ1) is 17.9. The van der Waals surface area contributed by atoms with Gasteiger partial charge in [0.2, 0.25) is 11.3 Å². The van der Waals surface area contributed by atoms with Crippen molar-refractivity contribution in [2.75, 3.05) is 5.32 Å². The lowest BCUT2D eigenvalue weighted by molar-refractivity contribution is -0.620. The molecule has 0 saturated heterocycles. The minimum absolute atomic E-state index is 0.00322. The molecule has 1 atom stereocenters. The first kappa shape index (κ1) is 25.4. The Morgan fingerprint density at radius 3 is 2.61 bits per heavy atom. The van der Waals surface area contributed by atoms with E-state index in [1.807, 2.05) is 0 Å². The zero-order valence-electron chi connectivity index (χ0n) is 19.2. The fourth-order valence-electron chi connectivity index (χ4n) is 4.55. The highest BCUT2D eigenvalue weighted by Gasteiger charge is 2.48. The summed E-state index contributed by atoms with van der Waals surface area (Å²) in [5.74, 6) is -0.407. The predicted octanol–water partition coefficient (Wildman–Crippen LogP) is 5.20. The van der Waals surface area contributed by atoms with Crippen molar-refractivity contribution >= 4 is 23.4 Å². The SMILES string of the molecule is O=C(O)Nc1ccc(-c2cnc(C3(O)CCc4cc(-c5cc(Cl)ccc5OC(F)(F)F)c[n+]([O-])c43)[nH]2)cc1. The van der Waals surface area contributed by atoms with Gasteiger partial charge in [0.1, 0.15) is 11.6 Å². The topological polar surface area (TPSA) is 134 Å². The molecule has 1 aliphatic rings. The summed E-state index contributed by atoms with van der Waals surface area (Å²) in [4.78, 5) is 18.1. The highest BCUT2D eigenvalue weighted by molar-refractivity contribution is 6.31. The molecule has 2 aromatic heterocycles. The number of H-pyrrole nitrogens is 1. The number of ether oxygens (including phenoxy) is 1. The van der Waals surface area contributed by atoms with E-state index in [0.717, 1.165) is 12.3 Å². The summed E-state index contributed by atoms with van der Waals surface area (Å²) in [6.45, 7) is 0. The number of aromatic amines is 1. The number of amides is 1. The van der Waals surface area contributed by atoms with Gasteiger partial charge in [-0.2, -0.15) is 4.73 Å². The van der Waals surface area contributed by atoms with Crippen molar-refractivity contribution in [3.63, 3.8) is 0 Å². The number of halogens is 4. The molecule has 0 fully saturated rings. The van der Waals surface area contributed by atoms with Crippen LogP contribution >= 0.6 is 11.6 Å². The van der Waals surface area contributed by atoms with Crippen molar-refractivity contribution in [2.24, 2.45) is 0 Å². The summed E-state index contributed by atoms with van der Waals surface area (Å²) >= 11 is 6.00. The normalized spacial score (nSPS) is 16.8. The molecule has 2 heterocycles. The molecule has 0 saturated carbocycles. The third-order valence-electron chi connectivity index (χ3n) is 6.15. The van der Waals surface area contributed by atoms with E-state index in [2.05, 4.69) is 20.0 Å². The summed E-state index contributed by atoms with van der Waals surface area (Å²) in [5, 5.41) is 35.9. The zero-order valence-corrected chi connectivity index (χ0v) is 20.0. The van der Waals surface area contributed by atoms with Crippen LogP contribution in [0.2, 0.25) is 5.02 Å². The van der Waals surface area contributed by atoms with Gasteiger partial charge in [0, 0.05) is 21.8 Å². The number of nitrogens with one attached hydrogen (secondary N) is 2. The number of aliphatic hydroxyl groups is 1. The lowest BCUT2D eigenvalue weighted by Crippen LogP contribution is -2.42. The quantitative estimate of drug-likeness (QED) is 0.201. The maximum atomic E-state index is 13.1. The van der Waals surface area contributed by atoms with Gasteiger partial charge < -0.3 is 25.1 Å². The van der Waals surface area contributed by atoms with Gasteiger partial charge in [-0.05, 0) is 54.8 Å². The Labute approximate surface area is 217 Å². The molecule has 0 spiro atoms. The van der Waals surface area contributed by atoms with Gasteiger partial charge >= 0.3 is 12.5 Å². The Bertz CT molecular complexity index is 1540.